The molecule has 0 aliphatic rings. The molecule has 0 fully saturated rings. The molecule has 4 heteroatoms. The van der Waals surface area contributed by atoms with Crippen LogP contribution in [0.1, 0.15) is 25.8 Å². The SMILES string of the molecule is CCOC(=O)[C@@](O)(CC)c1ccc(OC)cc1. The van der Waals surface area contributed by atoms with Crippen molar-refractivity contribution in [3.63, 3.8) is 0 Å². The van der Waals surface area contributed by atoms with Gasteiger partial charge in [0.2, 0.25) is 0 Å². The Balaban J connectivity index is 3.02. The number of benzene rings is 1. The van der Waals surface area contributed by atoms with E-state index in [1.807, 2.05) is 0 Å². The highest BCUT2D eigenvalue weighted by Gasteiger charge is 2.37. The molecule has 0 saturated heterocycles. The first-order valence-corrected chi connectivity index (χ1v) is 5.62. The predicted molar refractivity (Wildman–Crippen MR) is 63.8 cm³/mol. The first-order chi connectivity index (χ1) is 8.08. The summed E-state index contributed by atoms with van der Waals surface area (Å²) in [4.78, 5) is 11.7. The molecule has 0 saturated carbocycles. The molecular weight excluding hydrogens is 220 g/mol. The predicted octanol–water partition coefficient (Wildman–Crippen LogP) is 1.86. The number of carbonyl (C=O) groups is 1. The quantitative estimate of drug-likeness (QED) is 0.795. The number of aliphatic hydroxyl groups is 1. The fraction of sp³-hybridized carbons (Fsp3) is 0.462. The zero-order valence-corrected chi connectivity index (χ0v) is 10.4. The Hall–Kier alpha value is -1.55. The van der Waals surface area contributed by atoms with E-state index in [4.69, 9.17) is 9.47 Å². The second-order valence-corrected chi connectivity index (χ2v) is 3.66. The van der Waals surface area contributed by atoms with E-state index >= 15 is 0 Å². The summed E-state index contributed by atoms with van der Waals surface area (Å²) in [5, 5.41) is 10.3. The van der Waals surface area contributed by atoms with Crippen molar-refractivity contribution in [2.24, 2.45) is 0 Å². The normalized spacial score (nSPS) is 13.9. The summed E-state index contributed by atoms with van der Waals surface area (Å²) in [6.07, 6.45) is 0.262. The van der Waals surface area contributed by atoms with Gasteiger partial charge < -0.3 is 14.6 Å². The molecule has 0 spiro atoms. The van der Waals surface area contributed by atoms with Gasteiger partial charge in [-0.3, -0.25) is 0 Å². The van der Waals surface area contributed by atoms with Crippen LogP contribution in [0.2, 0.25) is 0 Å². The van der Waals surface area contributed by atoms with Crippen molar-refractivity contribution in [1.82, 2.24) is 0 Å². The largest absolute Gasteiger partial charge is 0.497 e. The van der Waals surface area contributed by atoms with E-state index in [2.05, 4.69) is 0 Å². The summed E-state index contributed by atoms with van der Waals surface area (Å²) in [5.74, 6) is 0.0590. The molecule has 0 amide bonds. The Kier molecular flexibility index (Phi) is 4.52. The number of methoxy groups -OCH3 is 1. The van der Waals surface area contributed by atoms with Gasteiger partial charge in [0.05, 0.1) is 13.7 Å². The van der Waals surface area contributed by atoms with E-state index in [1.54, 1.807) is 45.2 Å². The molecule has 1 rings (SSSR count). The summed E-state index contributed by atoms with van der Waals surface area (Å²) in [7, 11) is 1.56. The minimum Gasteiger partial charge on any atom is -0.497 e. The first-order valence-electron chi connectivity index (χ1n) is 5.62. The maximum absolute atomic E-state index is 11.7. The number of hydrogen-bond acceptors (Lipinski definition) is 4. The van der Waals surface area contributed by atoms with Crippen LogP contribution in [0, 0.1) is 0 Å². The fourth-order valence-electron chi connectivity index (χ4n) is 1.58. The maximum atomic E-state index is 11.7. The van der Waals surface area contributed by atoms with Gasteiger partial charge in [0.25, 0.3) is 0 Å². The van der Waals surface area contributed by atoms with Crippen molar-refractivity contribution in [2.45, 2.75) is 25.9 Å². The van der Waals surface area contributed by atoms with Gasteiger partial charge in [-0.15, -0.1) is 0 Å². The average molecular weight is 238 g/mol. The Labute approximate surface area is 101 Å². The minimum atomic E-state index is -1.58. The number of carbonyl (C=O) groups excluding carboxylic acids is 1. The van der Waals surface area contributed by atoms with Crippen molar-refractivity contribution >= 4 is 5.97 Å². The zero-order chi connectivity index (χ0) is 12.9. The average Bonchev–Trinajstić information content (AvgIpc) is 2.38. The van der Waals surface area contributed by atoms with E-state index < -0.39 is 11.6 Å². The van der Waals surface area contributed by atoms with Crippen LogP contribution in [0.4, 0.5) is 0 Å². The molecule has 94 valence electrons. The van der Waals surface area contributed by atoms with Crippen molar-refractivity contribution in [2.75, 3.05) is 13.7 Å². The molecule has 1 aromatic rings. The molecule has 0 aliphatic heterocycles. The standard InChI is InChI=1S/C13H18O4/c1-4-13(15,12(14)17-5-2)10-6-8-11(16-3)9-7-10/h6-9,15H,4-5H2,1-3H3/t13-/m1/s1. The molecule has 0 heterocycles. The molecule has 1 atom stereocenters. The molecule has 0 radical (unpaired) electrons. The third kappa shape index (κ3) is 2.77. The lowest BCUT2D eigenvalue weighted by atomic mass is 9.91. The lowest BCUT2D eigenvalue weighted by Crippen LogP contribution is -2.36. The Morgan fingerprint density at radius 1 is 1.29 bits per heavy atom. The Morgan fingerprint density at radius 3 is 2.29 bits per heavy atom. The van der Waals surface area contributed by atoms with Crippen LogP contribution in [0.15, 0.2) is 24.3 Å². The molecule has 0 aliphatic carbocycles. The Bertz CT molecular complexity index is 372. The topological polar surface area (TPSA) is 55.8 Å². The van der Waals surface area contributed by atoms with Gasteiger partial charge >= 0.3 is 5.97 Å². The monoisotopic (exact) mass is 238 g/mol. The van der Waals surface area contributed by atoms with E-state index in [-0.39, 0.29) is 13.0 Å². The summed E-state index contributed by atoms with van der Waals surface area (Å²) < 4.78 is 9.91. The van der Waals surface area contributed by atoms with Crippen LogP contribution >= 0.6 is 0 Å². The first kappa shape index (κ1) is 13.5. The van der Waals surface area contributed by atoms with Gasteiger partial charge in [0, 0.05) is 0 Å². The highest BCUT2D eigenvalue weighted by Crippen LogP contribution is 2.28. The smallest absolute Gasteiger partial charge is 0.342 e. The lowest BCUT2D eigenvalue weighted by molar-refractivity contribution is -0.166. The van der Waals surface area contributed by atoms with E-state index in [0.717, 1.165) is 0 Å². The van der Waals surface area contributed by atoms with E-state index in [9.17, 15) is 9.90 Å². The summed E-state index contributed by atoms with van der Waals surface area (Å²) in [6, 6.07) is 6.74. The van der Waals surface area contributed by atoms with E-state index in [1.165, 1.54) is 0 Å². The van der Waals surface area contributed by atoms with Gasteiger partial charge in [-0.25, -0.2) is 4.79 Å². The van der Waals surface area contributed by atoms with Crippen LogP contribution in [-0.4, -0.2) is 24.8 Å². The van der Waals surface area contributed by atoms with Gasteiger partial charge in [0.1, 0.15) is 5.75 Å². The Morgan fingerprint density at radius 2 is 1.88 bits per heavy atom. The highest BCUT2D eigenvalue weighted by molar-refractivity contribution is 5.81. The lowest BCUT2D eigenvalue weighted by Gasteiger charge is -2.24. The third-order valence-electron chi connectivity index (χ3n) is 2.69. The molecule has 0 unspecified atom stereocenters. The highest BCUT2D eigenvalue weighted by atomic mass is 16.5. The third-order valence-corrected chi connectivity index (χ3v) is 2.69. The maximum Gasteiger partial charge on any atom is 0.342 e. The van der Waals surface area contributed by atoms with Crippen LogP contribution < -0.4 is 4.74 Å². The molecule has 0 bridgehead atoms. The van der Waals surface area contributed by atoms with Crippen LogP contribution in [0.25, 0.3) is 0 Å². The molecule has 4 nitrogen and oxygen atoms in total. The number of esters is 1. The van der Waals surface area contributed by atoms with Crippen molar-refractivity contribution in [1.29, 1.82) is 0 Å². The van der Waals surface area contributed by atoms with Crippen LogP contribution in [0.5, 0.6) is 5.75 Å². The molecule has 0 aromatic heterocycles. The number of hydrogen-bond donors (Lipinski definition) is 1. The summed E-state index contributed by atoms with van der Waals surface area (Å²) in [5.41, 5.74) is -1.07. The molecule has 1 aromatic carbocycles. The van der Waals surface area contributed by atoms with Crippen LogP contribution in [-0.2, 0) is 15.1 Å². The van der Waals surface area contributed by atoms with Gasteiger partial charge in [-0.1, -0.05) is 19.1 Å². The minimum absolute atomic E-state index is 0.247. The van der Waals surface area contributed by atoms with Gasteiger partial charge in [0.15, 0.2) is 5.60 Å². The summed E-state index contributed by atoms with van der Waals surface area (Å²) in [6.45, 7) is 3.69. The number of ether oxygens (including phenoxy) is 2. The van der Waals surface area contributed by atoms with Gasteiger partial charge in [-0.2, -0.15) is 0 Å². The second kappa shape index (κ2) is 5.68. The second-order valence-electron chi connectivity index (χ2n) is 3.66. The molecule has 17 heavy (non-hydrogen) atoms. The number of rotatable bonds is 5. The molecule has 1 N–H and O–H groups in total. The van der Waals surface area contributed by atoms with Crippen LogP contribution in [0.3, 0.4) is 0 Å². The summed E-state index contributed by atoms with van der Waals surface area (Å²) >= 11 is 0. The van der Waals surface area contributed by atoms with E-state index in [0.29, 0.717) is 11.3 Å². The van der Waals surface area contributed by atoms with Gasteiger partial charge in [-0.05, 0) is 31.0 Å². The fourth-order valence-corrected chi connectivity index (χ4v) is 1.58. The molecular formula is C13H18O4. The van der Waals surface area contributed by atoms with Crippen molar-refractivity contribution < 1.29 is 19.4 Å². The van der Waals surface area contributed by atoms with Crippen molar-refractivity contribution in [3.05, 3.63) is 29.8 Å². The zero-order valence-electron chi connectivity index (χ0n) is 10.4. The van der Waals surface area contributed by atoms with Crippen molar-refractivity contribution in [3.8, 4) is 5.75 Å².